The first-order valence-corrected chi connectivity index (χ1v) is 8.32. The third kappa shape index (κ3) is 5.80. The number of aliphatic imine (C=N–C) groups is 1. The van der Waals surface area contributed by atoms with Gasteiger partial charge in [-0.05, 0) is 40.7 Å². The van der Waals surface area contributed by atoms with Crippen LogP contribution in [-0.2, 0) is 13.1 Å². The molecule has 0 aromatic carbocycles. The van der Waals surface area contributed by atoms with Gasteiger partial charge in [-0.3, -0.25) is 0 Å². The van der Waals surface area contributed by atoms with Gasteiger partial charge in [0.05, 0.1) is 23.8 Å². The second kappa shape index (κ2) is 9.27. The summed E-state index contributed by atoms with van der Waals surface area (Å²) in [5.74, 6) is 2.67. The molecule has 0 amide bonds. The monoisotopic (exact) mass is 448 g/mol. The molecule has 128 valence electrons. The molecule has 0 bridgehead atoms. The van der Waals surface area contributed by atoms with Crippen molar-refractivity contribution in [3.05, 3.63) is 38.7 Å². The molecule has 0 aliphatic rings. The molecule has 2 aromatic rings. The first-order valence-electron chi connectivity index (χ1n) is 7.50. The molecule has 0 saturated carbocycles. The lowest BCUT2D eigenvalue weighted by atomic mass is 10.2. The maximum Gasteiger partial charge on any atom is 0.191 e. The molecule has 0 fully saturated rings. The minimum atomic E-state index is 0. The highest BCUT2D eigenvalue weighted by molar-refractivity contribution is 14.0. The Balaban J connectivity index is 0.00000264. The zero-order valence-electron chi connectivity index (χ0n) is 14.3. The zero-order valence-corrected chi connectivity index (χ0v) is 17.5. The summed E-state index contributed by atoms with van der Waals surface area (Å²) in [7, 11) is 0. The fourth-order valence-corrected chi connectivity index (χ4v) is 3.12. The van der Waals surface area contributed by atoms with Crippen molar-refractivity contribution in [2.75, 3.05) is 6.54 Å². The number of rotatable bonds is 5. The van der Waals surface area contributed by atoms with Crippen LogP contribution in [-0.4, -0.2) is 17.5 Å². The van der Waals surface area contributed by atoms with E-state index in [4.69, 9.17) is 4.42 Å². The molecule has 0 aliphatic heterocycles. The van der Waals surface area contributed by atoms with Crippen molar-refractivity contribution in [1.82, 2.24) is 15.6 Å². The van der Waals surface area contributed by atoms with Crippen molar-refractivity contribution in [1.29, 1.82) is 0 Å². The molecule has 0 radical (unpaired) electrons. The maximum atomic E-state index is 5.54. The highest BCUT2D eigenvalue weighted by Crippen LogP contribution is 2.17. The molecule has 5 nitrogen and oxygen atoms in total. The van der Waals surface area contributed by atoms with E-state index >= 15 is 0 Å². The standard InChI is InChI=1S/C16H24N4OS.HI/c1-6-17-16(18-8-14-7-10(2)21-12(14)4)19-9-15-11(3)20-13(5)22-15;/h7H,6,8-9H2,1-5H3,(H2,17,18,19);1H. The van der Waals surface area contributed by atoms with E-state index in [-0.39, 0.29) is 24.0 Å². The highest BCUT2D eigenvalue weighted by Gasteiger charge is 2.07. The number of furan rings is 1. The Morgan fingerprint density at radius 2 is 2.00 bits per heavy atom. The van der Waals surface area contributed by atoms with Crippen molar-refractivity contribution in [3.8, 4) is 0 Å². The van der Waals surface area contributed by atoms with Crippen LogP contribution in [0.4, 0.5) is 0 Å². The molecule has 2 N–H and O–H groups in total. The Labute approximate surface area is 159 Å². The Morgan fingerprint density at radius 3 is 2.52 bits per heavy atom. The van der Waals surface area contributed by atoms with Crippen LogP contribution in [0.5, 0.6) is 0 Å². The topological polar surface area (TPSA) is 62.5 Å². The third-order valence-corrected chi connectivity index (χ3v) is 4.38. The van der Waals surface area contributed by atoms with Gasteiger partial charge in [0.25, 0.3) is 0 Å². The second-order valence-electron chi connectivity index (χ2n) is 5.23. The number of hydrogen-bond donors (Lipinski definition) is 2. The van der Waals surface area contributed by atoms with Gasteiger partial charge in [0.2, 0.25) is 0 Å². The molecule has 2 aromatic heterocycles. The molecule has 0 unspecified atom stereocenters. The van der Waals surface area contributed by atoms with Crippen molar-refractivity contribution in [2.24, 2.45) is 4.99 Å². The third-order valence-electron chi connectivity index (χ3n) is 3.31. The van der Waals surface area contributed by atoms with Gasteiger partial charge in [-0.15, -0.1) is 35.3 Å². The predicted octanol–water partition coefficient (Wildman–Crippen LogP) is 3.84. The number of aromatic nitrogens is 1. The predicted molar refractivity (Wildman–Crippen MR) is 107 cm³/mol. The van der Waals surface area contributed by atoms with Crippen LogP contribution in [0.1, 0.15) is 39.6 Å². The molecule has 0 atom stereocenters. The number of nitrogens with zero attached hydrogens (tertiary/aromatic N) is 2. The molecule has 7 heteroatoms. The lowest BCUT2D eigenvalue weighted by Crippen LogP contribution is -2.36. The summed E-state index contributed by atoms with van der Waals surface area (Å²) in [6, 6.07) is 2.04. The van der Waals surface area contributed by atoms with Crippen molar-refractivity contribution < 1.29 is 4.42 Å². The minimum Gasteiger partial charge on any atom is -0.466 e. The Hall–Kier alpha value is -1.09. The van der Waals surface area contributed by atoms with Crippen LogP contribution in [0.3, 0.4) is 0 Å². The van der Waals surface area contributed by atoms with Crippen LogP contribution in [0.25, 0.3) is 0 Å². The lowest BCUT2D eigenvalue weighted by Gasteiger charge is -2.10. The minimum absolute atomic E-state index is 0. The van der Waals surface area contributed by atoms with E-state index in [0.29, 0.717) is 6.54 Å². The van der Waals surface area contributed by atoms with Gasteiger partial charge in [0.1, 0.15) is 11.5 Å². The van der Waals surface area contributed by atoms with E-state index in [1.54, 1.807) is 11.3 Å². The average Bonchev–Trinajstić information content (AvgIpc) is 2.94. The highest BCUT2D eigenvalue weighted by atomic mass is 127. The molecule has 2 heterocycles. The van der Waals surface area contributed by atoms with Gasteiger partial charge in [-0.2, -0.15) is 0 Å². The lowest BCUT2D eigenvalue weighted by molar-refractivity contribution is 0.501. The van der Waals surface area contributed by atoms with Crippen molar-refractivity contribution in [2.45, 2.75) is 47.7 Å². The summed E-state index contributed by atoms with van der Waals surface area (Å²) >= 11 is 1.72. The molecule has 23 heavy (non-hydrogen) atoms. The van der Waals surface area contributed by atoms with E-state index in [0.717, 1.165) is 46.8 Å². The normalized spacial score (nSPS) is 11.3. The van der Waals surface area contributed by atoms with Crippen molar-refractivity contribution >= 4 is 41.3 Å². The Kier molecular flexibility index (Phi) is 8.04. The molecular weight excluding hydrogens is 423 g/mol. The average molecular weight is 448 g/mol. The Bertz CT molecular complexity index is 663. The maximum absolute atomic E-state index is 5.54. The van der Waals surface area contributed by atoms with Gasteiger partial charge in [0, 0.05) is 17.0 Å². The van der Waals surface area contributed by atoms with Crippen LogP contribution < -0.4 is 10.6 Å². The summed E-state index contributed by atoms with van der Waals surface area (Å²) < 4.78 is 5.54. The van der Waals surface area contributed by atoms with Gasteiger partial charge < -0.3 is 15.1 Å². The van der Waals surface area contributed by atoms with Gasteiger partial charge in [-0.1, -0.05) is 0 Å². The fraction of sp³-hybridized carbons (Fsp3) is 0.500. The zero-order chi connectivity index (χ0) is 16.1. The summed E-state index contributed by atoms with van der Waals surface area (Å²) in [6.07, 6.45) is 0. The summed E-state index contributed by atoms with van der Waals surface area (Å²) in [5.41, 5.74) is 2.21. The quantitative estimate of drug-likeness (QED) is 0.415. The molecule has 0 aliphatic carbocycles. The SMILES string of the molecule is CCNC(=NCc1cc(C)oc1C)NCc1sc(C)nc1C.I. The number of guanidine groups is 1. The van der Waals surface area contributed by atoms with Crippen molar-refractivity contribution in [3.63, 3.8) is 0 Å². The van der Waals surface area contributed by atoms with Gasteiger partial charge >= 0.3 is 0 Å². The Morgan fingerprint density at radius 1 is 1.26 bits per heavy atom. The second-order valence-corrected chi connectivity index (χ2v) is 6.52. The smallest absolute Gasteiger partial charge is 0.191 e. The van der Waals surface area contributed by atoms with E-state index < -0.39 is 0 Å². The first-order chi connectivity index (χ1) is 10.5. The van der Waals surface area contributed by atoms with Gasteiger partial charge in [-0.25, -0.2) is 9.98 Å². The van der Waals surface area contributed by atoms with E-state index in [9.17, 15) is 0 Å². The summed E-state index contributed by atoms with van der Waals surface area (Å²) in [4.78, 5) is 10.3. The number of hydrogen-bond acceptors (Lipinski definition) is 4. The van der Waals surface area contributed by atoms with E-state index in [2.05, 4.69) is 27.5 Å². The first kappa shape index (κ1) is 20.0. The molecule has 0 spiro atoms. The summed E-state index contributed by atoms with van der Waals surface area (Å²) in [5, 5.41) is 7.73. The molecule has 2 rings (SSSR count). The fourth-order valence-electron chi connectivity index (χ4n) is 2.25. The number of halogens is 1. The van der Waals surface area contributed by atoms with Crippen LogP contribution in [0.2, 0.25) is 0 Å². The van der Waals surface area contributed by atoms with E-state index in [1.165, 1.54) is 4.88 Å². The summed E-state index contributed by atoms with van der Waals surface area (Å²) in [6.45, 7) is 12.3. The van der Waals surface area contributed by atoms with Crippen LogP contribution in [0.15, 0.2) is 15.5 Å². The number of nitrogens with one attached hydrogen (secondary N) is 2. The molecular formula is C16H25IN4OS. The number of aryl methyl sites for hydroxylation is 4. The van der Waals surface area contributed by atoms with Gasteiger partial charge in [0.15, 0.2) is 5.96 Å². The number of thiazole rings is 1. The van der Waals surface area contributed by atoms with E-state index in [1.807, 2.05) is 33.8 Å². The van der Waals surface area contributed by atoms with Crippen LogP contribution in [0, 0.1) is 27.7 Å². The molecule has 0 saturated heterocycles. The largest absolute Gasteiger partial charge is 0.466 e. The van der Waals surface area contributed by atoms with Crippen LogP contribution >= 0.6 is 35.3 Å².